The number of aromatic nitrogens is 5. The number of carbonyl (C=O) groups is 1. The van der Waals surface area contributed by atoms with Crippen molar-refractivity contribution in [2.24, 2.45) is 0 Å². The summed E-state index contributed by atoms with van der Waals surface area (Å²) in [5.41, 5.74) is 2.90. The first-order valence-corrected chi connectivity index (χ1v) is 11.5. The SMILES string of the molecule is Cc1cnc(C(=O)N2CCC[C@@H](N(C)c3nc4c(o3)C=CCC4C)[C@@H]2C)c(-n2nccn2)c1. The van der Waals surface area contributed by atoms with E-state index in [1.807, 2.05) is 31.0 Å². The van der Waals surface area contributed by atoms with Crippen LogP contribution in [0.2, 0.25) is 0 Å². The highest BCUT2D eigenvalue weighted by atomic mass is 16.4. The van der Waals surface area contributed by atoms with Crippen LogP contribution in [-0.4, -0.2) is 61.4 Å². The van der Waals surface area contributed by atoms with Gasteiger partial charge >= 0.3 is 0 Å². The first kappa shape index (κ1) is 21.4. The highest BCUT2D eigenvalue weighted by Gasteiger charge is 2.37. The molecule has 0 N–H and O–H groups in total. The maximum atomic E-state index is 13.7. The van der Waals surface area contributed by atoms with Crippen LogP contribution in [0.4, 0.5) is 6.01 Å². The topological polar surface area (TPSA) is 93.2 Å². The maximum Gasteiger partial charge on any atom is 0.298 e. The first-order chi connectivity index (χ1) is 15.9. The van der Waals surface area contributed by atoms with Crippen molar-refractivity contribution in [2.45, 2.75) is 58.0 Å². The molecule has 9 heteroatoms. The minimum Gasteiger partial charge on any atom is -0.424 e. The van der Waals surface area contributed by atoms with Crippen LogP contribution in [0.5, 0.6) is 0 Å². The molecule has 3 aromatic heterocycles. The van der Waals surface area contributed by atoms with Gasteiger partial charge in [-0.05, 0) is 50.8 Å². The number of nitrogens with zero attached hydrogens (tertiary/aromatic N) is 7. The Kier molecular flexibility index (Phi) is 5.47. The van der Waals surface area contributed by atoms with Gasteiger partial charge in [-0.25, -0.2) is 4.98 Å². The van der Waals surface area contributed by atoms with Crippen molar-refractivity contribution in [3.05, 3.63) is 53.4 Å². The van der Waals surface area contributed by atoms with Gasteiger partial charge in [-0.2, -0.15) is 15.2 Å². The van der Waals surface area contributed by atoms with Crippen molar-refractivity contribution < 1.29 is 9.21 Å². The first-order valence-electron chi connectivity index (χ1n) is 11.5. The molecule has 4 heterocycles. The molecular weight excluding hydrogens is 418 g/mol. The number of hydrogen-bond donors (Lipinski definition) is 0. The third-order valence-electron chi connectivity index (χ3n) is 6.74. The summed E-state index contributed by atoms with van der Waals surface area (Å²) >= 11 is 0. The van der Waals surface area contributed by atoms with Gasteiger partial charge in [0, 0.05) is 31.7 Å². The molecule has 0 radical (unpaired) electrons. The maximum absolute atomic E-state index is 13.7. The fourth-order valence-electron chi connectivity index (χ4n) is 4.86. The molecule has 2 aliphatic rings. The number of likely N-dealkylation sites (tertiary alicyclic amines) is 1. The molecule has 1 unspecified atom stereocenters. The van der Waals surface area contributed by atoms with Crippen molar-refractivity contribution in [1.29, 1.82) is 0 Å². The van der Waals surface area contributed by atoms with Gasteiger partial charge < -0.3 is 14.2 Å². The molecule has 33 heavy (non-hydrogen) atoms. The summed E-state index contributed by atoms with van der Waals surface area (Å²) in [6, 6.07) is 2.54. The monoisotopic (exact) mass is 447 g/mol. The molecule has 1 aliphatic heterocycles. The van der Waals surface area contributed by atoms with Crippen LogP contribution in [0.15, 0.2) is 35.2 Å². The molecule has 1 aliphatic carbocycles. The zero-order valence-electron chi connectivity index (χ0n) is 19.5. The zero-order valence-corrected chi connectivity index (χ0v) is 19.5. The van der Waals surface area contributed by atoms with Gasteiger partial charge in [-0.15, -0.1) is 4.80 Å². The van der Waals surface area contributed by atoms with E-state index in [1.165, 1.54) is 4.80 Å². The number of carbonyl (C=O) groups excluding carboxylic acids is 1. The second-order valence-electron chi connectivity index (χ2n) is 9.04. The number of allylic oxidation sites excluding steroid dienone is 1. The normalized spacial score (nSPS) is 22.3. The van der Waals surface area contributed by atoms with E-state index in [0.717, 1.165) is 36.3 Å². The van der Waals surface area contributed by atoms with E-state index in [0.29, 0.717) is 29.9 Å². The number of oxazole rings is 1. The van der Waals surface area contributed by atoms with Gasteiger partial charge in [0.1, 0.15) is 5.69 Å². The van der Waals surface area contributed by atoms with Crippen molar-refractivity contribution in [2.75, 3.05) is 18.5 Å². The Bertz CT molecular complexity index is 1180. The Morgan fingerprint density at radius 3 is 2.79 bits per heavy atom. The van der Waals surface area contributed by atoms with E-state index in [2.05, 4.69) is 40.0 Å². The quantitative estimate of drug-likeness (QED) is 0.603. The number of fused-ring (bicyclic) bond motifs is 1. The molecule has 0 saturated carbocycles. The van der Waals surface area contributed by atoms with Gasteiger partial charge in [0.15, 0.2) is 11.5 Å². The number of piperidine rings is 1. The van der Waals surface area contributed by atoms with Gasteiger partial charge in [-0.3, -0.25) is 4.79 Å². The molecule has 1 fully saturated rings. The van der Waals surface area contributed by atoms with Crippen molar-refractivity contribution in [1.82, 2.24) is 29.9 Å². The lowest BCUT2D eigenvalue weighted by molar-refractivity contribution is 0.0593. The van der Waals surface area contributed by atoms with E-state index >= 15 is 0 Å². The summed E-state index contributed by atoms with van der Waals surface area (Å²) in [5.74, 6) is 1.07. The Morgan fingerprint density at radius 2 is 2.03 bits per heavy atom. The van der Waals surface area contributed by atoms with Crippen molar-refractivity contribution in [3.63, 3.8) is 0 Å². The molecule has 0 aromatic carbocycles. The molecular formula is C24H29N7O2. The number of likely N-dealkylation sites (N-methyl/N-ethyl adjacent to an activating group) is 1. The number of hydrogen-bond acceptors (Lipinski definition) is 7. The molecule has 1 saturated heterocycles. The van der Waals surface area contributed by atoms with E-state index in [4.69, 9.17) is 9.40 Å². The minimum absolute atomic E-state index is 0.0466. The molecule has 5 rings (SSSR count). The third kappa shape index (κ3) is 3.81. The molecule has 1 amide bonds. The molecule has 3 aromatic rings. The van der Waals surface area contributed by atoms with Crippen LogP contribution in [0, 0.1) is 6.92 Å². The summed E-state index contributed by atoms with van der Waals surface area (Å²) in [6.07, 6.45) is 11.9. The van der Waals surface area contributed by atoms with Gasteiger partial charge in [0.05, 0.1) is 24.1 Å². The van der Waals surface area contributed by atoms with Gasteiger partial charge in [-0.1, -0.05) is 13.0 Å². The highest BCUT2D eigenvalue weighted by molar-refractivity contribution is 5.96. The molecule has 3 atom stereocenters. The van der Waals surface area contributed by atoms with E-state index in [1.54, 1.807) is 18.6 Å². The average molecular weight is 448 g/mol. The third-order valence-corrected chi connectivity index (χ3v) is 6.74. The van der Waals surface area contributed by atoms with Crippen LogP contribution in [0.1, 0.15) is 66.5 Å². The summed E-state index contributed by atoms with van der Waals surface area (Å²) in [6.45, 7) is 6.87. The van der Waals surface area contributed by atoms with Gasteiger partial charge in [0.2, 0.25) is 0 Å². The zero-order chi connectivity index (χ0) is 23.1. The molecule has 172 valence electrons. The van der Waals surface area contributed by atoms with Crippen LogP contribution < -0.4 is 4.90 Å². The average Bonchev–Trinajstić information content (AvgIpc) is 3.49. The second-order valence-corrected chi connectivity index (χ2v) is 9.04. The standard InChI is InChI=1S/C24H29N7O2/c1-15-13-19(31-26-10-11-27-31)22(25-14-15)23(32)30-12-6-8-18(17(30)3)29(4)24-28-21-16(2)7-5-9-20(21)33-24/h5,9-11,13-14,16-18H,6-8,12H2,1-4H3/t16?,17-,18+/m0/s1. The molecule has 9 nitrogen and oxygen atoms in total. The fraction of sp³-hybridized carbons (Fsp3) is 0.458. The number of aryl methyl sites for hydroxylation is 1. The predicted molar refractivity (Wildman–Crippen MR) is 124 cm³/mol. The number of pyridine rings is 1. The van der Waals surface area contributed by atoms with Crippen LogP contribution in [-0.2, 0) is 0 Å². The van der Waals surface area contributed by atoms with E-state index in [9.17, 15) is 4.79 Å². The number of anilines is 1. The van der Waals surface area contributed by atoms with Crippen LogP contribution in [0.3, 0.4) is 0 Å². The minimum atomic E-state index is -0.115. The van der Waals surface area contributed by atoms with Crippen molar-refractivity contribution in [3.8, 4) is 5.69 Å². The Labute approximate surface area is 193 Å². The predicted octanol–water partition coefficient (Wildman–Crippen LogP) is 3.61. The number of amides is 1. The lowest BCUT2D eigenvalue weighted by Gasteiger charge is -2.42. The largest absolute Gasteiger partial charge is 0.424 e. The summed E-state index contributed by atoms with van der Waals surface area (Å²) in [5, 5.41) is 8.43. The van der Waals surface area contributed by atoms with Crippen molar-refractivity contribution >= 4 is 18.0 Å². The summed E-state index contributed by atoms with van der Waals surface area (Å²) in [7, 11) is 2.00. The molecule has 0 spiro atoms. The Hall–Kier alpha value is -3.49. The molecule has 0 bridgehead atoms. The van der Waals surface area contributed by atoms with Crippen LogP contribution in [0.25, 0.3) is 11.8 Å². The number of rotatable bonds is 4. The summed E-state index contributed by atoms with van der Waals surface area (Å²) < 4.78 is 6.09. The lowest BCUT2D eigenvalue weighted by atomic mass is 9.95. The second kappa shape index (κ2) is 8.46. The van der Waals surface area contributed by atoms with Gasteiger partial charge in [0.25, 0.3) is 11.9 Å². The van der Waals surface area contributed by atoms with E-state index < -0.39 is 0 Å². The Morgan fingerprint density at radius 1 is 1.24 bits per heavy atom. The fourth-order valence-corrected chi connectivity index (χ4v) is 4.86. The smallest absolute Gasteiger partial charge is 0.298 e. The summed E-state index contributed by atoms with van der Waals surface area (Å²) in [4.78, 5) is 28.4. The Balaban J connectivity index is 1.41. The lowest BCUT2D eigenvalue weighted by Crippen LogP contribution is -2.55. The van der Waals surface area contributed by atoms with E-state index in [-0.39, 0.29) is 18.0 Å². The highest BCUT2D eigenvalue weighted by Crippen LogP contribution is 2.34. The van der Waals surface area contributed by atoms with Crippen LogP contribution >= 0.6 is 0 Å².